The van der Waals surface area contributed by atoms with Crippen LogP contribution in [0.5, 0.6) is 0 Å². The Morgan fingerprint density at radius 2 is 2.00 bits per heavy atom. The summed E-state index contributed by atoms with van der Waals surface area (Å²) in [5, 5.41) is 11.4. The van der Waals surface area contributed by atoms with E-state index in [0.717, 1.165) is 22.1 Å². The van der Waals surface area contributed by atoms with E-state index in [9.17, 15) is 9.90 Å². The van der Waals surface area contributed by atoms with Crippen molar-refractivity contribution in [3.63, 3.8) is 0 Å². The first-order valence-electron chi connectivity index (χ1n) is 8.49. The molecular formula is C20H19ClN4O2S. The molecule has 0 spiro atoms. The first-order valence-corrected chi connectivity index (χ1v) is 9.38. The van der Waals surface area contributed by atoms with Crippen LogP contribution in [0.2, 0.25) is 5.02 Å². The third-order valence-electron chi connectivity index (χ3n) is 4.24. The third kappa shape index (κ3) is 4.21. The highest BCUT2D eigenvalue weighted by molar-refractivity contribution is 7.80. The number of nitrogens with zero attached hydrogens (tertiary/aromatic N) is 2. The van der Waals surface area contributed by atoms with Gasteiger partial charge in [-0.1, -0.05) is 36.7 Å². The molecule has 5 N–H and O–H groups in total. The van der Waals surface area contributed by atoms with E-state index in [1.807, 2.05) is 31.2 Å². The highest BCUT2D eigenvalue weighted by Crippen LogP contribution is 2.35. The summed E-state index contributed by atoms with van der Waals surface area (Å²) in [4.78, 5) is 19.8. The Morgan fingerprint density at radius 3 is 2.64 bits per heavy atom. The number of aromatic nitrogens is 1. The monoisotopic (exact) mass is 414 g/mol. The maximum Gasteiger partial charge on any atom is 0.335 e. The second-order valence-corrected chi connectivity index (χ2v) is 7.75. The number of carbonyl (C=O) groups is 1. The number of nitrogens with two attached hydrogens (primary N) is 2. The fourth-order valence-electron chi connectivity index (χ4n) is 3.05. The van der Waals surface area contributed by atoms with Crippen molar-refractivity contribution in [2.45, 2.75) is 18.6 Å². The standard InChI is InChI=1S/C20H19ClN4O2S/c1-10(28)6-11-2-3-13(19(26)27)8-15(11)12-4-5-14-16(7-12)18(25-20(22)23)24-9-17(14)21/h2-5,7-10,28H,6H2,1H3,(H,26,27)(H4,22,23,24,25). The van der Waals surface area contributed by atoms with Crippen molar-refractivity contribution in [2.75, 3.05) is 0 Å². The van der Waals surface area contributed by atoms with Crippen LogP contribution >= 0.6 is 24.2 Å². The van der Waals surface area contributed by atoms with Gasteiger partial charge in [0.05, 0.1) is 10.6 Å². The number of thiol groups is 1. The Hall–Kier alpha value is -2.77. The summed E-state index contributed by atoms with van der Waals surface area (Å²) in [7, 11) is 0. The zero-order valence-corrected chi connectivity index (χ0v) is 16.7. The molecule has 0 saturated heterocycles. The van der Waals surface area contributed by atoms with Crippen molar-refractivity contribution in [3.05, 3.63) is 58.7 Å². The minimum absolute atomic E-state index is 0.112. The van der Waals surface area contributed by atoms with Crippen molar-refractivity contribution in [3.8, 4) is 11.1 Å². The van der Waals surface area contributed by atoms with Crippen LogP contribution in [0, 0.1) is 0 Å². The highest BCUT2D eigenvalue weighted by atomic mass is 35.5. The largest absolute Gasteiger partial charge is 0.478 e. The van der Waals surface area contributed by atoms with Gasteiger partial charge < -0.3 is 16.6 Å². The molecule has 1 unspecified atom stereocenters. The van der Waals surface area contributed by atoms with E-state index in [2.05, 4.69) is 22.6 Å². The van der Waals surface area contributed by atoms with Gasteiger partial charge in [-0.25, -0.2) is 9.78 Å². The van der Waals surface area contributed by atoms with Gasteiger partial charge in [0.25, 0.3) is 0 Å². The van der Waals surface area contributed by atoms with E-state index in [1.54, 1.807) is 12.1 Å². The average Bonchev–Trinajstić information content (AvgIpc) is 2.63. The maximum absolute atomic E-state index is 11.5. The molecule has 0 amide bonds. The molecule has 3 rings (SSSR count). The van der Waals surface area contributed by atoms with Gasteiger partial charge in [-0.05, 0) is 41.3 Å². The van der Waals surface area contributed by atoms with Gasteiger partial charge >= 0.3 is 5.97 Å². The normalized spacial score (nSPS) is 12.0. The van der Waals surface area contributed by atoms with Crippen molar-refractivity contribution in [1.29, 1.82) is 0 Å². The molecule has 1 heterocycles. The molecule has 0 aliphatic heterocycles. The molecule has 0 saturated carbocycles. The number of aromatic carboxylic acids is 1. The van der Waals surface area contributed by atoms with Crippen molar-refractivity contribution in [2.24, 2.45) is 16.5 Å². The van der Waals surface area contributed by atoms with Crippen LogP contribution in [0.3, 0.4) is 0 Å². The Kier molecular flexibility index (Phi) is 5.76. The second kappa shape index (κ2) is 8.08. The van der Waals surface area contributed by atoms with E-state index in [-0.39, 0.29) is 16.8 Å². The van der Waals surface area contributed by atoms with Crippen LogP contribution in [-0.4, -0.2) is 27.3 Å². The number of rotatable bonds is 5. The lowest BCUT2D eigenvalue weighted by Crippen LogP contribution is -2.22. The van der Waals surface area contributed by atoms with Gasteiger partial charge in [0.1, 0.15) is 0 Å². The van der Waals surface area contributed by atoms with E-state index >= 15 is 0 Å². The first kappa shape index (κ1) is 20.0. The fraction of sp³-hybridized carbons (Fsp3) is 0.150. The van der Waals surface area contributed by atoms with Crippen LogP contribution in [0.4, 0.5) is 5.82 Å². The number of halogens is 1. The fourth-order valence-corrected chi connectivity index (χ4v) is 3.46. The van der Waals surface area contributed by atoms with Crippen LogP contribution in [-0.2, 0) is 6.42 Å². The lowest BCUT2D eigenvalue weighted by atomic mass is 9.93. The molecular weight excluding hydrogens is 396 g/mol. The number of aliphatic imine (C=N–C) groups is 1. The number of hydrogen-bond acceptors (Lipinski definition) is 4. The van der Waals surface area contributed by atoms with Gasteiger partial charge in [-0.3, -0.25) is 0 Å². The predicted molar refractivity (Wildman–Crippen MR) is 117 cm³/mol. The Balaban J connectivity index is 2.27. The van der Waals surface area contributed by atoms with E-state index in [0.29, 0.717) is 22.6 Å². The molecule has 0 aliphatic rings. The molecule has 1 atom stereocenters. The number of fused-ring (bicyclic) bond motifs is 1. The van der Waals surface area contributed by atoms with Crippen molar-refractivity contribution < 1.29 is 9.90 Å². The summed E-state index contributed by atoms with van der Waals surface area (Å²) in [6.07, 6.45) is 2.18. The molecule has 1 aromatic heterocycles. The molecule has 3 aromatic rings. The smallest absolute Gasteiger partial charge is 0.335 e. The molecule has 0 radical (unpaired) electrons. The minimum atomic E-state index is -0.988. The summed E-state index contributed by atoms with van der Waals surface area (Å²) in [6, 6.07) is 10.7. The summed E-state index contributed by atoms with van der Waals surface area (Å²) >= 11 is 10.7. The zero-order valence-electron chi connectivity index (χ0n) is 15.1. The van der Waals surface area contributed by atoms with E-state index in [4.69, 9.17) is 23.1 Å². The number of carboxylic acid groups (broad SMARTS) is 1. The molecule has 2 aromatic carbocycles. The van der Waals surface area contributed by atoms with E-state index in [1.165, 1.54) is 6.20 Å². The van der Waals surface area contributed by atoms with E-state index < -0.39 is 5.97 Å². The van der Waals surface area contributed by atoms with Crippen molar-refractivity contribution >= 4 is 52.7 Å². The molecule has 8 heteroatoms. The second-order valence-electron chi connectivity index (χ2n) is 6.46. The topological polar surface area (TPSA) is 115 Å². The first-order chi connectivity index (χ1) is 13.3. The highest BCUT2D eigenvalue weighted by Gasteiger charge is 2.14. The molecule has 28 heavy (non-hydrogen) atoms. The quantitative estimate of drug-likeness (QED) is 0.286. The summed E-state index contributed by atoms with van der Waals surface area (Å²) in [5.74, 6) is -0.753. The number of benzene rings is 2. The number of pyridine rings is 1. The van der Waals surface area contributed by atoms with Crippen LogP contribution < -0.4 is 11.5 Å². The van der Waals surface area contributed by atoms with Gasteiger partial charge in [-0.15, -0.1) is 0 Å². The minimum Gasteiger partial charge on any atom is -0.478 e. The van der Waals surface area contributed by atoms with Gasteiger partial charge in [0, 0.05) is 22.2 Å². The third-order valence-corrected chi connectivity index (χ3v) is 4.72. The number of guanidine groups is 1. The molecule has 144 valence electrons. The lowest BCUT2D eigenvalue weighted by molar-refractivity contribution is 0.0697. The lowest BCUT2D eigenvalue weighted by Gasteiger charge is -2.14. The summed E-state index contributed by atoms with van der Waals surface area (Å²) in [5.41, 5.74) is 13.8. The van der Waals surface area contributed by atoms with Crippen LogP contribution in [0.25, 0.3) is 21.9 Å². The summed E-state index contributed by atoms with van der Waals surface area (Å²) in [6.45, 7) is 1.99. The Bertz CT molecular complexity index is 1100. The number of hydrogen-bond donors (Lipinski definition) is 4. The SMILES string of the molecule is CC(S)Cc1ccc(C(=O)O)cc1-c1ccc2c(Cl)cnc(N=C(N)N)c2c1. The zero-order chi connectivity index (χ0) is 20.4. The van der Waals surface area contributed by atoms with Gasteiger partial charge in [-0.2, -0.15) is 17.6 Å². The van der Waals surface area contributed by atoms with Crippen LogP contribution in [0.1, 0.15) is 22.8 Å². The molecule has 0 fully saturated rings. The average molecular weight is 415 g/mol. The Labute approximate surface area is 172 Å². The molecule has 6 nitrogen and oxygen atoms in total. The predicted octanol–water partition coefficient (Wildman–Crippen LogP) is 4.02. The number of carboxylic acids is 1. The van der Waals surface area contributed by atoms with Gasteiger partial charge in [0.2, 0.25) is 0 Å². The summed E-state index contributed by atoms with van der Waals surface area (Å²) < 4.78 is 0. The van der Waals surface area contributed by atoms with Crippen LogP contribution in [0.15, 0.2) is 47.6 Å². The van der Waals surface area contributed by atoms with Crippen molar-refractivity contribution in [1.82, 2.24) is 4.98 Å². The Morgan fingerprint density at radius 1 is 1.25 bits per heavy atom. The molecule has 0 aliphatic carbocycles. The molecule has 0 bridgehead atoms. The van der Waals surface area contributed by atoms with Gasteiger partial charge in [0.15, 0.2) is 11.8 Å². The maximum atomic E-state index is 11.5.